The van der Waals surface area contributed by atoms with Gasteiger partial charge in [0.15, 0.2) is 11.5 Å². The lowest BCUT2D eigenvalue weighted by atomic mass is 10.1. The molecule has 1 atom stereocenters. The minimum absolute atomic E-state index is 0.198. The Morgan fingerprint density at radius 3 is 2.43 bits per heavy atom. The largest absolute Gasteiger partial charge is 0.493 e. The Kier molecular flexibility index (Phi) is 7.11. The van der Waals surface area contributed by atoms with Crippen molar-refractivity contribution in [2.45, 2.75) is 32.8 Å². The van der Waals surface area contributed by atoms with E-state index in [2.05, 4.69) is 5.32 Å². The molecule has 0 spiro atoms. The second kappa shape index (κ2) is 8.82. The van der Waals surface area contributed by atoms with Gasteiger partial charge in [0.1, 0.15) is 6.10 Å². The van der Waals surface area contributed by atoms with Crippen LogP contribution in [-0.2, 0) is 4.74 Å². The number of carbonyl (C=O) groups is 1. The molecule has 128 valence electrons. The molecule has 1 N–H and O–H groups in total. The van der Waals surface area contributed by atoms with Crippen molar-refractivity contribution < 1.29 is 23.9 Å². The zero-order chi connectivity index (χ0) is 17.4. The van der Waals surface area contributed by atoms with Crippen LogP contribution in [0.4, 0.5) is 10.5 Å². The summed E-state index contributed by atoms with van der Waals surface area (Å²) in [6, 6.07) is 2.70. The van der Waals surface area contributed by atoms with Gasteiger partial charge in [-0.25, -0.2) is 4.79 Å². The summed E-state index contributed by atoms with van der Waals surface area (Å²) in [6.45, 7) is 4.06. The molecule has 0 aliphatic heterocycles. The van der Waals surface area contributed by atoms with Crippen LogP contribution in [0.2, 0.25) is 0 Å². The van der Waals surface area contributed by atoms with E-state index in [0.29, 0.717) is 12.3 Å². The number of nitro groups is 1. The third kappa shape index (κ3) is 5.01. The first-order valence-corrected chi connectivity index (χ1v) is 7.29. The first-order chi connectivity index (χ1) is 10.9. The van der Waals surface area contributed by atoms with E-state index in [1.54, 1.807) is 6.92 Å². The molecule has 0 heterocycles. The van der Waals surface area contributed by atoms with Crippen LogP contribution in [0.15, 0.2) is 12.1 Å². The fraction of sp³-hybridized carbons (Fsp3) is 0.533. The number of nitro benzene ring substituents is 1. The number of nitrogens with one attached hydrogen (secondary N) is 1. The number of hydrogen-bond acceptors (Lipinski definition) is 6. The second-order valence-electron chi connectivity index (χ2n) is 4.85. The van der Waals surface area contributed by atoms with E-state index in [1.165, 1.54) is 26.4 Å². The molecular weight excluding hydrogens is 304 g/mol. The molecule has 0 fully saturated rings. The Morgan fingerprint density at radius 1 is 1.30 bits per heavy atom. The first kappa shape index (κ1) is 18.5. The fourth-order valence-corrected chi connectivity index (χ4v) is 2.00. The van der Waals surface area contributed by atoms with Crippen molar-refractivity contribution in [3.05, 3.63) is 27.8 Å². The Hall–Kier alpha value is -2.51. The minimum Gasteiger partial charge on any atom is -0.493 e. The van der Waals surface area contributed by atoms with Crippen LogP contribution in [0.5, 0.6) is 11.5 Å². The summed E-state index contributed by atoms with van der Waals surface area (Å²) >= 11 is 0. The summed E-state index contributed by atoms with van der Waals surface area (Å²) < 4.78 is 15.4. The van der Waals surface area contributed by atoms with Crippen LogP contribution in [0.3, 0.4) is 0 Å². The molecule has 0 aromatic heterocycles. The number of benzene rings is 1. The Morgan fingerprint density at radius 2 is 1.91 bits per heavy atom. The van der Waals surface area contributed by atoms with Gasteiger partial charge >= 0.3 is 6.09 Å². The molecule has 1 amide bonds. The molecule has 1 unspecified atom stereocenters. The van der Waals surface area contributed by atoms with Crippen LogP contribution in [0.1, 0.15) is 38.4 Å². The number of nitrogens with zero attached hydrogens (tertiary/aromatic N) is 1. The highest BCUT2D eigenvalue weighted by Crippen LogP contribution is 2.38. The normalized spacial score (nSPS) is 11.5. The highest BCUT2D eigenvalue weighted by atomic mass is 16.6. The van der Waals surface area contributed by atoms with E-state index in [-0.39, 0.29) is 17.0 Å². The predicted molar refractivity (Wildman–Crippen MR) is 84.0 cm³/mol. The van der Waals surface area contributed by atoms with Crippen molar-refractivity contribution in [1.29, 1.82) is 0 Å². The minimum atomic E-state index is -0.808. The van der Waals surface area contributed by atoms with Crippen LogP contribution in [-0.4, -0.2) is 31.8 Å². The summed E-state index contributed by atoms with van der Waals surface area (Å²) in [4.78, 5) is 22.4. The molecule has 0 aliphatic rings. The Labute approximate surface area is 134 Å². The van der Waals surface area contributed by atoms with Crippen molar-refractivity contribution in [2.75, 3.05) is 20.8 Å². The maximum absolute atomic E-state index is 11.7. The number of ether oxygens (including phenoxy) is 3. The summed E-state index contributed by atoms with van der Waals surface area (Å²) in [7, 11) is 2.82. The lowest BCUT2D eigenvalue weighted by molar-refractivity contribution is -0.386. The molecule has 23 heavy (non-hydrogen) atoms. The standard InChI is InChI=1S/C15H22N2O6/c1-5-6-7-16-15(18)23-10(2)11-8-13(21-3)14(22-4)9-12(11)17(19)20/h8-10H,5-7H2,1-4H3,(H,16,18). The highest BCUT2D eigenvalue weighted by molar-refractivity contribution is 5.68. The van der Waals surface area contributed by atoms with Gasteiger partial charge in [-0.05, 0) is 19.4 Å². The van der Waals surface area contributed by atoms with Gasteiger partial charge in [-0.15, -0.1) is 0 Å². The number of unbranched alkanes of at least 4 members (excludes halogenated alkanes) is 1. The lowest BCUT2D eigenvalue weighted by Gasteiger charge is -2.16. The van der Waals surface area contributed by atoms with Gasteiger partial charge in [0.05, 0.1) is 30.8 Å². The summed E-state index contributed by atoms with van der Waals surface area (Å²) in [5, 5.41) is 13.8. The highest BCUT2D eigenvalue weighted by Gasteiger charge is 2.25. The van der Waals surface area contributed by atoms with Crippen molar-refractivity contribution >= 4 is 11.8 Å². The maximum Gasteiger partial charge on any atom is 0.407 e. The molecule has 0 aliphatic carbocycles. The Balaban J connectivity index is 3.00. The first-order valence-electron chi connectivity index (χ1n) is 7.29. The van der Waals surface area contributed by atoms with Gasteiger partial charge in [0.25, 0.3) is 5.69 Å². The van der Waals surface area contributed by atoms with Gasteiger partial charge in [-0.3, -0.25) is 10.1 Å². The van der Waals surface area contributed by atoms with E-state index in [9.17, 15) is 14.9 Å². The summed E-state index contributed by atoms with van der Waals surface area (Å²) in [5.41, 5.74) is 0.0369. The molecule has 8 heteroatoms. The van der Waals surface area contributed by atoms with Crippen molar-refractivity contribution in [3.8, 4) is 11.5 Å². The van der Waals surface area contributed by atoms with Crippen LogP contribution >= 0.6 is 0 Å². The number of carbonyl (C=O) groups excluding carboxylic acids is 1. The summed E-state index contributed by atoms with van der Waals surface area (Å²) in [5.74, 6) is 0.567. The fourth-order valence-electron chi connectivity index (χ4n) is 2.00. The number of methoxy groups -OCH3 is 2. The van der Waals surface area contributed by atoms with E-state index >= 15 is 0 Å². The zero-order valence-corrected chi connectivity index (χ0v) is 13.8. The molecular formula is C15H22N2O6. The van der Waals surface area contributed by atoms with Gasteiger partial charge in [-0.1, -0.05) is 13.3 Å². The predicted octanol–water partition coefficient (Wildman–Crippen LogP) is 3.20. The van der Waals surface area contributed by atoms with E-state index in [0.717, 1.165) is 12.8 Å². The van der Waals surface area contributed by atoms with Gasteiger partial charge in [0.2, 0.25) is 0 Å². The maximum atomic E-state index is 11.7. The lowest BCUT2D eigenvalue weighted by Crippen LogP contribution is -2.26. The molecule has 0 radical (unpaired) electrons. The molecule has 0 bridgehead atoms. The van der Waals surface area contributed by atoms with Crippen molar-refractivity contribution in [2.24, 2.45) is 0 Å². The number of rotatable bonds is 8. The van der Waals surface area contributed by atoms with Crippen LogP contribution in [0, 0.1) is 10.1 Å². The molecule has 1 aromatic rings. The van der Waals surface area contributed by atoms with Crippen LogP contribution < -0.4 is 14.8 Å². The molecule has 0 saturated carbocycles. The smallest absolute Gasteiger partial charge is 0.407 e. The number of hydrogen-bond donors (Lipinski definition) is 1. The molecule has 1 rings (SSSR count). The molecule has 0 saturated heterocycles. The van der Waals surface area contributed by atoms with Crippen molar-refractivity contribution in [1.82, 2.24) is 5.32 Å². The van der Waals surface area contributed by atoms with E-state index < -0.39 is 17.1 Å². The van der Waals surface area contributed by atoms with Crippen molar-refractivity contribution in [3.63, 3.8) is 0 Å². The van der Waals surface area contributed by atoms with E-state index in [4.69, 9.17) is 14.2 Å². The average Bonchev–Trinajstić information content (AvgIpc) is 2.53. The zero-order valence-electron chi connectivity index (χ0n) is 13.8. The quantitative estimate of drug-likeness (QED) is 0.447. The number of alkyl carbamates (subject to hydrolysis) is 1. The Bertz CT molecular complexity index is 561. The molecule has 1 aromatic carbocycles. The third-order valence-corrected chi connectivity index (χ3v) is 3.25. The summed E-state index contributed by atoms with van der Waals surface area (Å²) in [6.07, 6.45) is 0.351. The van der Waals surface area contributed by atoms with Gasteiger partial charge < -0.3 is 19.5 Å². The SMILES string of the molecule is CCCCNC(=O)OC(C)c1cc(OC)c(OC)cc1[N+](=O)[O-]. The van der Waals surface area contributed by atoms with Crippen LogP contribution in [0.25, 0.3) is 0 Å². The second-order valence-corrected chi connectivity index (χ2v) is 4.85. The monoisotopic (exact) mass is 326 g/mol. The number of amides is 1. The van der Waals surface area contributed by atoms with Gasteiger partial charge in [-0.2, -0.15) is 0 Å². The van der Waals surface area contributed by atoms with E-state index in [1.807, 2.05) is 6.92 Å². The topological polar surface area (TPSA) is 99.9 Å². The average molecular weight is 326 g/mol. The van der Waals surface area contributed by atoms with Gasteiger partial charge in [0, 0.05) is 6.54 Å². The third-order valence-electron chi connectivity index (χ3n) is 3.25. The molecule has 8 nitrogen and oxygen atoms in total.